The molecule has 5 rings (SSSR count). The van der Waals surface area contributed by atoms with Crippen molar-refractivity contribution < 1.29 is 23.8 Å². The van der Waals surface area contributed by atoms with Crippen molar-refractivity contribution in [2.24, 2.45) is 5.73 Å². The van der Waals surface area contributed by atoms with E-state index in [1.54, 1.807) is 14.0 Å². The van der Waals surface area contributed by atoms with Gasteiger partial charge in [0.1, 0.15) is 24.5 Å². The van der Waals surface area contributed by atoms with Crippen LogP contribution in [0.4, 0.5) is 4.79 Å². The summed E-state index contributed by atoms with van der Waals surface area (Å²) >= 11 is 0. The molecular weight excluding hydrogens is 516 g/mol. The van der Waals surface area contributed by atoms with Crippen molar-refractivity contribution in [1.82, 2.24) is 5.32 Å². The van der Waals surface area contributed by atoms with Crippen molar-refractivity contribution >= 4 is 12.0 Å². The van der Waals surface area contributed by atoms with E-state index in [0.717, 1.165) is 44.7 Å². The average molecular weight is 551 g/mol. The number of methoxy groups -OCH3 is 1. The number of carbonyl (C=O) groups is 2. The Morgan fingerprint density at radius 1 is 0.829 bits per heavy atom. The van der Waals surface area contributed by atoms with Crippen molar-refractivity contribution in [3.8, 4) is 16.9 Å². The molecule has 3 N–H and O–H groups in total. The molecule has 210 valence electrons. The van der Waals surface area contributed by atoms with E-state index in [2.05, 4.69) is 17.4 Å². The number of carbonyl (C=O) groups excluding carboxylic acids is 2. The summed E-state index contributed by atoms with van der Waals surface area (Å²) < 4.78 is 17.4. The maximum atomic E-state index is 13.0. The molecule has 4 aromatic rings. The Bertz CT molecular complexity index is 1470. The van der Waals surface area contributed by atoms with E-state index < -0.39 is 30.3 Å². The average Bonchev–Trinajstić information content (AvgIpc) is 3.31. The van der Waals surface area contributed by atoms with Gasteiger partial charge in [0, 0.05) is 5.92 Å². The van der Waals surface area contributed by atoms with Gasteiger partial charge in [-0.3, -0.25) is 4.79 Å². The highest BCUT2D eigenvalue weighted by molar-refractivity contribution is 5.85. The Morgan fingerprint density at radius 2 is 1.37 bits per heavy atom. The monoisotopic (exact) mass is 550 g/mol. The molecule has 2 amide bonds. The quantitative estimate of drug-likeness (QED) is 0.256. The van der Waals surface area contributed by atoms with Crippen LogP contribution in [0.15, 0.2) is 97.1 Å². The van der Waals surface area contributed by atoms with Gasteiger partial charge in [0.2, 0.25) is 5.91 Å². The standard InChI is InChI=1S/C34H34N2O5/c1-21-12-14-23(15-13-21)32(24-16-18-25(39-3)19-17-24)41-22(2)31(33(35)37)36-34(38)40-20-30-28-10-6-4-8-26(28)27-9-5-7-11-29(27)30/h4-19,22,30-32H,20H2,1-3H3,(H2,35,37)(H,36,38)/t22-,31+,32?/m1/s1. The minimum Gasteiger partial charge on any atom is -0.497 e. The summed E-state index contributed by atoms with van der Waals surface area (Å²) in [6.07, 6.45) is -2.01. The molecule has 0 heterocycles. The van der Waals surface area contributed by atoms with Crippen LogP contribution in [0.1, 0.15) is 46.8 Å². The van der Waals surface area contributed by atoms with E-state index in [-0.39, 0.29) is 12.5 Å². The molecule has 0 radical (unpaired) electrons. The Morgan fingerprint density at radius 3 is 1.90 bits per heavy atom. The van der Waals surface area contributed by atoms with Gasteiger partial charge < -0.3 is 25.3 Å². The molecule has 0 fully saturated rings. The SMILES string of the molecule is COc1ccc(C(O[C@H](C)[C@H](NC(=O)OCC2c3ccccc3-c3ccccc32)C(N)=O)c2ccc(C)cc2)cc1. The fraction of sp³-hybridized carbons (Fsp3) is 0.235. The number of primary amides is 1. The molecule has 41 heavy (non-hydrogen) atoms. The minimum absolute atomic E-state index is 0.102. The summed E-state index contributed by atoms with van der Waals surface area (Å²) in [5.41, 5.74) is 13.1. The van der Waals surface area contributed by atoms with Crippen molar-refractivity contribution in [2.45, 2.75) is 38.0 Å². The third kappa shape index (κ3) is 6.10. The molecule has 4 aromatic carbocycles. The molecule has 1 aliphatic rings. The number of ether oxygens (including phenoxy) is 3. The van der Waals surface area contributed by atoms with Crippen LogP contribution >= 0.6 is 0 Å². The molecule has 7 nitrogen and oxygen atoms in total. The maximum absolute atomic E-state index is 13.0. The Hall–Kier alpha value is -4.62. The largest absolute Gasteiger partial charge is 0.497 e. The van der Waals surface area contributed by atoms with E-state index in [1.165, 1.54) is 0 Å². The van der Waals surface area contributed by atoms with Crippen LogP contribution in [0, 0.1) is 6.92 Å². The first-order valence-corrected chi connectivity index (χ1v) is 13.6. The lowest BCUT2D eigenvalue weighted by Crippen LogP contribution is -2.52. The maximum Gasteiger partial charge on any atom is 0.407 e. The highest BCUT2D eigenvalue weighted by Gasteiger charge is 2.32. The van der Waals surface area contributed by atoms with Crippen molar-refractivity contribution in [2.75, 3.05) is 13.7 Å². The molecular formula is C34H34N2O5. The number of nitrogens with two attached hydrogens (primary N) is 1. The molecule has 7 heteroatoms. The number of aryl methyl sites for hydroxylation is 1. The zero-order valence-corrected chi connectivity index (χ0v) is 23.4. The second kappa shape index (κ2) is 12.3. The predicted molar refractivity (Wildman–Crippen MR) is 158 cm³/mol. The van der Waals surface area contributed by atoms with Crippen LogP contribution in [0.2, 0.25) is 0 Å². The minimum atomic E-state index is -1.11. The number of rotatable bonds is 10. The molecule has 0 aliphatic heterocycles. The number of hydrogen-bond acceptors (Lipinski definition) is 5. The van der Waals surface area contributed by atoms with E-state index >= 15 is 0 Å². The predicted octanol–water partition coefficient (Wildman–Crippen LogP) is 5.89. The molecule has 1 unspecified atom stereocenters. The second-order valence-electron chi connectivity index (χ2n) is 10.3. The van der Waals surface area contributed by atoms with Crippen LogP contribution < -0.4 is 15.8 Å². The number of hydrogen-bond donors (Lipinski definition) is 2. The lowest BCUT2D eigenvalue weighted by atomic mass is 9.98. The second-order valence-corrected chi connectivity index (χ2v) is 10.3. The normalized spacial score (nSPS) is 14.3. The van der Waals surface area contributed by atoms with Gasteiger partial charge in [-0.05, 0) is 59.4 Å². The van der Waals surface area contributed by atoms with Gasteiger partial charge in [0.25, 0.3) is 0 Å². The lowest BCUT2D eigenvalue weighted by Gasteiger charge is -2.28. The molecule has 0 bridgehead atoms. The zero-order valence-electron chi connectivity index (χ0n) is 23.4. The molecule has 0 spiro atoms. The van der Waals surface area contributed by atoms with Gasteiger partial charge in [-0.15, -0.1) is 0 Å². The molecule has 0 aromatic heterocycles. The number of amides is 2. The first kappa shape index (κ1) is 27.9. The Kier molecular flexibility index (Phi) is 8.36. The Balaban J connectivity index is 1.30. The van der Waals surface area contributed by atoms with Crippen LogP contribution in [0.25, 0.3) is 11.1 Å². The summed E-state index contributed by atoms with van der Waals surface area (Å²) in [5.74, 6) is -0.102. The number of benzene rings is 4. The van der Waals surface area contributed by atoms with Crippen molar-refractivity contribution in [3.05, 3.63) is 125 Å². The van der Waals surface area contributed by atoms with Crippen molar-refractivity contribution in [3.63, 3.8) is 0 Å². The van der Waals surface area contributed by atoms with E-state index in [9.17, 15) is 9.59 Å². The van der Waals surface area contributed by atoms with Crippen LogP contribution in [-0.2, 0) is 14.3 Å². The zero-order chi connectivity index (χ0) is 28.9. The highest BCUT2D eigenvalue weighted by Crippen LogP contribution is 2.44. The Labute approximate surface area is 240 Å². The van der Waals surface area contributed by atoms with E-state index in [0.29, 0.717) is 0 Å². The molecule has 0 saturated carbocycles. The van der Waals surface area contributed by atoms with Crippen LogP contribution in [0.3, 0.4) is 0 Å². The smallest absolute Gasteiger partial charge is 0.407 e. The summed E-state index contributed by atoms with van der Waals surface area (Å²) in [7, 11) is 1.61. The molecule has 1 aliphatic carbocycles. The molecule has 0 saturated heterocycles. The first-order valence-electron chi connectivity index (χ1n) is 13.6. The van der Waals surface area contributed by atoms with E-state index in [4.69, 9.17) is 19.9 Å². The van der Waals surface area contributed by atoms with Gasteiger partial charge in [-0.1, -0.05) is 90.5 Å². The number of nitrogens with one attached hydrogen (secondary N) is 1. The number of fused-ring (bicyclic) bond motifs is 3. The van der Waals surface area contributed by atoms with Crippen molar-refractivity contribution in [1.29, 1.82) is 0 Å². The van der Waals surface area contributed by atoms with Gasteiger partial charge in [0.15, 0.2) is 0 Å². The number of alkyl carbamates (subject to hydrolysis) is 1. The first-order chi connectivity index (χ1) is 19.9. The summed E-state index contributed by atoms with van der Waals surface area (Å²) in [6, 6.07) is 30.6. The van der Waals surface area contributed by atoms with Gasteiger partial charge in [-0.25, -0.2) is 4.79 Å². The molecule has 3 atom stereocenters. The third-order valence-electron chi connectivity index (χ3n) is 7.54. The fourth-order valence-corrected chi connectivity index (χ4v) is 5.35. The van der Waals surface area contributed by atoms with Gasteiger partial charge >= 0.3 is 6.09 Å². The summed E-state index contributed by atoms with van der Waals surface area (Å²) in [4.78, 5) is 25.5. The summed E-state index contributed by atoms with van der Waals surface area (Å²) in [5, 5.41) is 2.64. The summed E-state index contributed by atoms with van der Waals surface area (Å²) in [6.45, 7) is 3.85. The lowest BCUT2D eigenvalue weighted by molar-refractivity contribution is -0.124. The van der Waals surface area contributed by atoms with Gasteiger partial charge in [-0.2, -0.15) is 0 Å². The van der Waals surface area contributed by atoms with E-state index in [1.807, 2.05) is 91.9 Å². The van der Waals surface area contributed by atoms with Gasteiger partial charge in [0.05, 0.1) is 13.2 Å². The third-order valence-corrected chi connectivity index (χ3v) is 7.54. The highest BCUT2D eigenvalue weighted by atomic mass is 16.6. The topological polar surface area (TPSA) is 99.9 Å². The van der Waals surface area contributed by atoms with Crippen LogP contribution in [-0.4, -0.2) is 37.9 Å². The fourth-order valence-electron chi connectivity index (χ4n) is 5.35. The van der Waals surface area contributed by atoms with Crippen LogP contribution in [0.5, 0.6) is 5.75 Å².